The molecule has 0 saturated heterocycles. The second kappa shape index (κ2) is 7.60. The molecule has 3 nitrogen and oxygen atoms in total. The molecule has 0 aromatic heterocycles. The van der Waals surface area contributed by atoms with Crippen molar-refractivity contribution in [3.63, 3.8) is 0 Å². The molecule has 122 valence electrons. The van der Waals surface area contributed by atoms with E-state index in [0.29, 0.717) is 18.5 Å². The number of hydrogen-bond donors (Lipinski definition) is 2. The van der Waals surface area contributed by atoms with Crippen molar-refractivity contribution in [3.05, 3.63) is 82.3 Å². The van der Waals surface area contributed by atoms with Gasteiger partial charge in [-0.3, -0.25) is 4.79 Å². The third-order valence-corrected chi connectivity index (χ3v) is 4.52. The maximum atomic E-state index is 12.1. The van der Waals surface area contributed by atoms with Crippen molar-refractivity contribution in [2.45, 2.75) is 12.5 Å². The number of carbonyl (C=O) groups is 1. The Bertz CT molecular complexity index is 840. The first-order valence-corrected chi connectivity index (χ1v) is 8.64. The number of amides is 1. The summed E-state index contributed by atoms with van der Waals surface area (Å²) in [6, 6.07) is 21.1. The van der Waals surface area contributed by atoms with Crippen LogP contribution < -0.4 is 5.32 Å². The van der Waals surface area contributed by atoms with E-state index >= 15 is 0 Å². The van der Waals surface area contributed by atoms with E-state index in [1.54, 1.807) is 12.1 Å². The van der Waals surface area contributed by atoms with E-state index in [1.165, 1.54) is 0 Å². The lowest BCUT2D eigenvalue weighted by Crippen LogP contribution is -2.25. The van der Waals surface area contributed by atoms with Crippen molar-refractivity contribution in [1.29, 1.82) is 0 Å². The zero-order valence-electron chi connectivity index (χ0n) is 13.1. The van der Waals surface area contributed by atoms with Gasteiger partial charge in [0.05, 0.1) is 6.10 Å². The number of aliphatic hydroxyl groups excluding tert-OH is 1. The third kappa shape index (κ3) is 3.83. The molecule has 0 unspecified atom stereocenters. The fraction of sp³-hybridized carbons (Fsp3) is 0.150. The van der Waals surface area contributed by atoms with Gasteiger partial charge < -0.3 is 10.4 Å². The smallest absolute Gasteiger partial charge is 0.251 e. The highest BCUT2D eigenvalue weighted by Crippen LogP contribution is 2.25. The van der Waals surface area contributed by atoms with Crippen LogP contribution in [0.3, 0.4) is 0 Å². The first-order chi connectivity index (χ1) is 11.6. The largest absolute Gasteiger partial charge is 0.388 e. The average Bonchev–Trinajstić information content (AvgIpc) is 2.61. The summed E-state index contributed by atoms with van der Waals surface area (Å²) in [5.74, 6) is -0.132. The minimum atomic E-state index is -0.610. The second-order valence-corrected chi connectivity index (χ2v) is 6.55. The van der Waals surface area contributed by atoms with Crippen molar-refractivity contribution in [2.75, 3.05) is 6.54 Å². The van der Waals surface area contributed by atoms with Crippen molar-refractivity contribution in [1.82, 2.24) is 5.32 Å². The molecule has 2 N–H and O–H groups in total. The Kier molecular flexibility index (Phi) is 5.28. The summed E-state index contributed by atoms with van der Waals surface area (Å²) in [6.07, 6.45) is -0.141. The Morgan fingerprint density at radius 1 is 1.00 bits per heavy atom. The van der Waals surface area contributed by atoms with E-state index in [2.05, 4.69) is 21.2 Å². The van der Waals surface area contributed by atoms with E-state index in [-0.39, 0.29) is 5.91 Å². The average molecular weight is 384 g/mol. The Hall–Kier alpha value is -2.17. The first-order valence-electron chi connectivity index (χ1n) is 7.84. The van der Waals surface area contributed by atoms with Crippen molar-refractivity contribution in [2.24, 2.45) is 0 Å². The molecular formula is C20H18BrNO2. The first kappa shape index (κ1) is 16.7. The summed E-state index contributed by atoms with van der Waals surface area (Å²) in [5.41, 5.74) is 1.50. The molecular weight excluding hydrogens is 366 g/mol. The molecule has 0 spiro atoms. The molecule has 24 heavy (non-hydrogen) atoms. The Labute approximate surface area is 149 Å². The lowest BCUT2D eigenvalue weighted by molar-refractivity contribution is 0.0943. The summed E-state index contributed by atoms with van der Waals surface area (Å²) < 4.78 is 0.936. The van der Waals surface area contributed by atoms with Crippen LogP contribution in [0.4, 0.5) is 0 Å². The summed E-state index contributed by atoms with van der Waals surface area (Å²) in [6.45, 7) is 0.416. The molecule has 3 aromatic carbocycles. The lowest BCUT2D eigenvalue weighted by Gasteiger charge is -2.14. The van der Waals surface area contributed by atoms with Crippen LogP contribution in [0.1, 0.15) is 28.4 Å². The number of carbonyl (C=O) groups excluding carboxylic acids is 1. The molecule has 0 radical (unpaired) electrons. The van der Waals surface area contributed by atoms with E-state index in [1.807, 2.05) is 54.6 Å². The zero-order valence-corrected chi connectivity index (χ0v) is 14.7. The van der Waals surface area contributed by atoms with Gasteiger partial charge in [-0.05, 0) is 47.0 Å². The quantitative estimate of drug-likeness (QED) is 0.683. The molecule has 4 heteroatoms. The topological polar surface area (TPSA) is 49.3 Å². The summed E-state index contributed by atoms with van der Waals surface area (Å²) in [4.78, 5) is 12.1. The molecule has 3 aromatic rings. The standard InChI is InChI=1S/C20H18BrNO2/c21-16-10-8-15(9-11-16)20(24)22-13-12-19(23)18-7-3-5-14-4-1-2-6-17(14)18/h1-11,19,23H,12-13H2,(H,22,24)/t19-/m1/s1. The highest BCUT2D eigenvalue weighted by atomic mass is 79.9. The summed E-state index contributed by atoms with van der Waals surface area (Å²) in [5, 5.41) is 15.5. The molecule has 0 heterocycles. The van der Waals surface area contributed by atoms with E-state index in [9.17, 15) is 9.90 Å². The normalized spacial score (nSPS) is 12.1. The molecule has 0 bridgehead atoms. The van der Waals surface area contributed by atoms with Gasteiger partial charge in [-0.15, -0.1) is 0 Å². The highest BCUT2D eigenvalue weighted by molar-refractivity contribution is 9.10. The van der Waals surface area contributed by atoms with E-state index in [4.69, 9.17) is 0 Å². The predicted molar refractivity (Wildman–Crippen MR) is 100 cm³/mol. The predicted octanol–water partition coefficient (Wildman–Crippen LogP) is 4.46. The van der Waals surface area contributed by atoms with Gasteiger partial charge >= 0.3 is 0 Å². The van der Waals surface area contributed by atoms with Gasteiger partial charge in [-0.1, -0.05) is 58.4 Å². The van der Waals surface area contributed by atoms with Gasteiger partial charge in [0.25, 0.3) is 5.91 Å². The minimum absolute atomic E-state index is 0.132. The van der Waals surface area contributed by atoms with Crippen molar-refractivity contribution in [3.8, 4) is 0 Å². The fourth-order valence-corrected chi connectivity index (χ4v) is 2.99. The second-order valence-electron chi connectivity index (χ2n) is 5.64. The van der Waals surface area contributed by atoms with Crippen LogP contribution in [0.25, 0.3) is 10.8 Å². The maximum Gasteiger partial charge on any atom is 0.251 e. The Balaban J connectivity index is 1.62. The number of aliphatic hydroxyl groups is 1. The molecule has 1 atom stereocenters. The third-order valence-electron chi connectivity index (χ3n) is 3.99. The van der Waals surface area contributed by atoms with Gasteiger partial charge in [0.15, 0.2) is 0 Å². The molecule has 3 rings (SSSR count). The molecule has 1 amide bonds. The minimum Gasteiger partial charge on any atom is -0.388 e. The SMILES string of the molecule is O=C(NCC[C@@H](O)c1cccc2ccccc12)c1ccc(Br)cc1. The van der Waals surface area contributed by atoms with Crippen molar-refractivity contribution >= 4 is 32.6 Å². The number of benzene rings is 3. The lowest BCUT2D eigenvalue weighted by atomic mass is 9.99. The summed E-state index contributed by atoms with van der Waals surface area (Å²) in [7, 11) is 0. The van der Waals surface area contributed by atoms with Crippen LogP contribution in [-0.4, -0.2) is 17.6 Å². The van der Waals surface area contributed by atoms with E-state index in [0.717, 1.165) is 20.8 Å². The van der Waals surface area contributed by atoms with Gasteiger partial charge in [-0.25, -0.2) is 0 Å². The van der Waals surface area contributed by atoms with Gasteiger partial charge in [0.2, 0.25) is 0 Å². The molecule has 0 fully saturated rings. The number of hydrogen-bond acceptors (Lipinski definition) is 2. The van der Waals surface area contributed by atoms with E-state index < -0.39 is 6.10 Å². The van der Waals surface area contributed by atoms with Crippen LogP contribution in [0.5, 0.6) is 0 Å². The fourth-order valence-electron chi connectivity index (χ4n) is 2.72. The monoisotopic (exact) mass is 383 g/mol. The van der Waals surface area contributed by atoms with Gasteiger partial charge in [-0.2, -0.15) is 0 Å². The number of fused-ring (bicyclic) bond motifs is 1. The van der Waals surface area contributed by atoms with Gasteiger partial charge in [0.1, 0.15) is 0 Å². The number of rotatable bonds is 5. The van der Waals surface area contributed by atoms with Crippen LogP contribution in [0.2, 0.25) is 0 Å². The maximum absolute atomic E-state index is 12.1. The molecule has 0 aliphatic heterocycles. The number of nitrogens with one attached hydrogen (secondary N) is 1. The molecule has 0 aliphatic carbocycles. The molecule has 0 saturated carbocycles. The zero-order chi connectivity index (χ0) is 16.9. The summed E-state index contributed by atoms with van der Waals surface area (Å²) >= 11 is 3.35. The highest BCUT2D eigenvalue weighted by Gasteiger charge is 2.12. The van der Waals surface area contributed by atoms with Crippen LogP contribution >= 0.6 is 15.9 Å². The van der Waals surface area contributed by atoms with Crippen LogP contribution in [0.15, 0.2) is 71.2 Å². The Morgan fingerprint density at radius 3 is 2.50 bits per heavy atom. The van der Waals surface area contributed by atoms with Crippen LogP contribution in [0, 0.1) is 0 Å². The molecule has 0 aliphatic rings. The van der Waals surface area contributed by atoms with Crippen molar-refractivity contribution < 1.29 is 9.90 Å². The number of halogens is 1. The van der Waals surface area contributed by atoms with Crippen LogP contribution in [-0.2, 0) is 0 Å². The van der Waals surface area contributed by atoms with Gasteiger partial charge in [0, 0.05) is 16.6 Å². The Morgan fingerprint density at radius 2 is 1.71 bits per heavy atom.